The molecule has 0 amide bonds. The van der Waals surface area contributed by atoms with Crippen molar-refractivity contribution in [1.82, 2.24) is 9.29 Å². The van der Waals surface area contributed by atoms with Crippen molar-refractivity contribution in [3.8, 4) is 5.75 Å². The number of piperidine rings is 1. The van der Waals surface area contributed by atoms with Crippen LogP contribution in [0.4, 0.5) is 4.39 Å². The fraction of sp³-hybridized carbons (Fsp3) is 0.412. The number of phenols is 1. The second kappa shape index (κ2) is 7.42. The Kier molecular flexibility index (Phi) is 5.40. The van der Waals surface area contributed by atoms with Crippen molar-refractivity contribution in [3.63, 3.8) is 0 Å². The van der Waals surface area contributed by atoms with E-state index in [4.69, 9.17) is 0 Å². The predicted octanol–water partition coefficient (Wildman–Crippen LogP) is 2.71. The quantitative estimate of drug-likeness (QED) is 0.783. The number of benzene rings is 1. The zero-order valence-electron chi connectivity index (χ0n) is 14.2. The van der Waals surface area contributed by atoms with Gasteiger partial charge in [0.1, 0.15) is 11.9 Å². The first-order valence-corrected chi connectivity index (χ1v) is 10.5. The summed E-state index contributed by atoms with van der Waals surface area (Å²) < 4.78 is 40.0. The number of carbonyl (C=O) groups is 1. The SMILES string of the molecule is Cc1ncsc1C(=O)Cc1cc(S(=O)(=O)N2CCC(F)CC2)ccc1O. The van der Waals surface area contributed by atoms with Crippen LogP contribution in [0.1, 0.15) is 33.8 Å². The van der Waals surface area contributed by atoms with Crippen LogP contribution in [0.5, 0.6) is 5.75 Å². The van der Waals surface area contributed by atoms with E-state index >= 15 is 0 Å². The van der Waals surface area contributed by atoms with Crippen LogP contribution in [0, 0.1) is 6.92 Å². The van der Waals surface area contributed by atoms with E-state index in [2.05, 4.69) is 4.98 Å². The molecule has 2 aromatic rings. The maximum Gasteiger partial charge on any atom is 0.243 e. The Bertz CT molecular complexity index is 919. The molecule has 3 rings (SSSR count). The fourth-order valence-electron chi connectivity index (χ4n) is 2.90. The number of hydrogen-bond acceptors (Lipinski definition) is 6. The molecule has 9 heteroatoms. The third-order valence-corrected chi connectivity index (χ3v) is 7.29. The number of nitrogens with zero attached hydrogens (tertiary/aromatic N) is 2. The predicted molar refractivity (Wildman–Crippen MR) is 95.9 cm³/mol. The Balaban J connectivity index is 1.85. The van der Waals surface area contributed by atoms with E-state index in [1.807, 2.05) is 0 Å². The molecule has 140 valence electrons. The van der Waals surface area contributed by atoms with Crippen LogP contribution in [-0.2, 0) is 16.4 Å². The van der Waals surface area contributed by atoms with E-state index in [-0.39, 0.29) is 54.3 Å². The summed E-state index contributed by atoms with van der Waals surface area (Å²) in [5.41, 5.74) is 2.42. The smallest absolute Gasteiger partial charge is 0.243 e. The molecule has 0 spiro atoms. The molecule has 1 aliphatic rings. The van der Waals surface area contributed by atoms with Crippen LogP contribution in [0.15, 0.2) is 28.6 Å². The number of halogens is 1. The lowest BCUT2D eigenvalue weighted by atomic mass is 10.1. The highest BCUT2D eigenvalue weighted by Gasteiger charge is 2.30. The zero-order chi connectivity index (χ0) is 18.9. The van der Waals surface area contributed by atoms with Gasteiger partial charge in [0, 0.05) is 25.1 Å². The summed E-state index contributed by atoms with van der Waals surface area (Å²) in [6.45, 7) is 1.97. The molecule has 0 aliphatic carbocycles. The van der Waals surface area contributed by atoms with Gasteiger partial charge in [0.2, 0.25) is 10.0 Å². The third-order valence-electron chi connectivity index (χ3n) is 4.42. The van der Waals surface area contributed by atoms with Crippen LogP contribution >= 0.6 is 11.3 Å². The second-order valence-electron chi connectivity index (χ2n) is 6.24. The topological polar surface area (TPSA) is 87.6 Å². The second-order valence-corrected chi connectivity index (χ2v) is 9.03. The fourth-order valence-corrected chi connectivity index (χ4v) is 5.16. The molecule has 0 saturated carbocycles. The number of ketones is 1. The van der Waals surface area contributed by atoms with Gasteiger partial charge in [0.05, 0.1) is 21.0 Å². The molecule has 1 aromatic carbocycles. The zero-order valence-corrected chi connectivity index (χ0v) is 15.8. The molecular formula is C17H19FN2O4S2. The van der Waals surface area contributed by atoms with Gasteiger partial charge in [-0.15, -0.1) is 11.3 Å². The van der Waals surface area contributed by atoms with Gasteiger partial charge in [0.15, 0.2) is 5.78 Å². The van der Waals surface area contributed by atoms with Gasteiger partial charge in [-0.3, -0.25) is 4.79 Å². The Hall–Kier alpha value is -1.84. The van der Waals surface area contributed by atoms with Gasteiger partial charge in [-0.2, -0.15) is 4.31 Å². The molecule has 1 fully saturated rings. The number of thiazole rings is 1. The molecule has 1 N–H and O–H groups in total. The minimum absolute atomic E-state index is 0.00330. The molecule has 0 unspecified atom stereocenters. The number of aromatic hydroxyl groups is 1. The molecule has 1 aromatic heterocycles. The van der Waals surface area contributed by atoms with Crippen LogP contribution in [0.2, 0.25) is 0 Å². The first-order chi connectivity index (χ1) is 12.3. The summed E-state index contributed by atoms with van der Waals surface area (Å²) in [4.78, 5) is 16.9. The van der Waals surface area contributed by atoms with Crippen LogP contribution in [0.3, 0.4) is 0 Å². The maximum atomic E-state index is 13.3. The number of aryl methyl sites for hydroxylation is 1. The molecule has 0 radical (unpaired) electrons. The van der Waals surface area contributed by atoms with E-state index in [1.54, 1.807) is 12.4 Å². The lowest BCUT2D eigenvalue weighted by Gasteiger charge is -2.28. The van der Waals surface area contributed by atoms with Gasteiger partial charge in [-0.1, -0.05) is 0 Å². The molecule has 2 heterocycles. The van der Waals surface area contributed by atoms with Crippen LogP contribution in [0.25, 0.3) is 0 Å². The van der Waals surface area contributed by atoms with E-state index in [0.717, 1.165) is 0 Å². The van der Waals surface area contributed by atoms with Gasteiger partial charge in [0.25, 0.3) is 0 Å². The number of phenolic OH excluding ortho intramolecular Hbond substituents is 1. The van der Waals surface area contributed by atoms with Gasteiger partial charge in [-0.05, 0) is 38.0 Å². The molecule has 1 saturated heterocycles. The highest BCUT2D eigenvalue weighted by molar-refractivity contribution is 7.89. The Labute approximate surface area is 155 Å². The summed E-state index contributed by atoms with van der Waals surface area (Å²) in [7, 11) is -3.79. The summed E-state index contributed by atoms with van der Waals surface area (Å²) in [6.07, 6.45) is -0.747. The molecule has 26 heavy (non-hydrogen) atoms. The Morgan fingerprint density at radius 3 is 2.69 bits per heavy atom. The standard InChI is InChI=1S/C17H19FN2O4S2/c1-11-17(25-10-19-11)16(22)9-12-8-14(2-3-15(12)21)26(23,24)20-6-4-13(18)5-7-20/h2-3,8,10,13,21H,4-7,9H2,1H3. The summed E-state index contributed by atoms with van der Waals surface area (Å²) >= 11 is 1.21. The molecule has 1 aliphatic heterocycles. The van der Waals surface area contributed by atoms with E-state index < -0.39 is 16.2 Å². The lowest BCUT2D eigenvalue weighted by molar-refractivity contribution is 0.0995. The van der Waals surface area contributed by atoms with Gasteiger partial charge < -0.3 is 5.11 Å². The van der Waals surface area contributed by atoms with Crippen LogP contribution < -0.4 is 0 Å². The van der Waals surface area contributed by atoms with Crippen molar-refractivity contribution in [3.05, 3.63) is 39.8 Å². The average Bonchev–Trinajstić information content (AvgIpc) is 3.03. The van der Waals surface area contributed by atoms with Gasteiger partial charge in [-0.25, -0.2) is 17.8 Å². The maximum absolute atomic E-state index is 13.3. The third kappa shape index (κ3) is 3.79. The number of aromatic nitrogens is 1. The normalized spacial score (nSPS) is 16.7. The van der Waals surface area contributed by atoms with E-state index in [1.165, 1.54) is 33.8 Å². The van der Waals surface area contributed by atoms with E-state index in [9.17, 15) is 22.7 Å². The molecule has 0 atom stereocenters. The number of Topliss-reactive ketones (excluding diaryl/α,β-unsaturated/α-hetero) is 1. The highest BCUT2D eigenvalue weighted by atomic mass is 32.2. The number of sulfonamides is 1. The first kappa shape index (κ1) is 18.9. The molecule has 6 nitrogen and oxygen atoms in total. The van der Waals surface area contributed by atoms with Crippen molar-refractivity contribution in [1.29, 1.82) is 0 Å². The lowest BCUT2D eigenvalue weighted by Crippen LogP contribution is -2.39. The van der Waals surface area contributed by atoms with Crippen molar-refractivity contribution in [2.75, 3.05) is 13.1 Å². The van der Waals surface area contributed by atoms with E-state index in [0.29, 0.717) is 10.6 Å². The van der Waals surface area contributed by atoms with Crippen molar-refractivity contribution in [2.45, 2.75) is 37.3 Å². The van der Waals surface area contributed by atoms with Crippen molar-refractivity contribution >= 4 is 27.1 Å². The number of rotatable bonds is 5. The first-order valence-electron chi connectivity index (χ1n) is 8.18. The molecular weight excluding hydrogens is 379 g/mol. The Morgan fingerprint density at radius 2 is 2.08 bits per heavy atom. The van der Waals surface area contributed by atoms with Crippen molar-refractivity contribution in [2.24, 2.45) is 0 Å². The number of hydrogen-bond donors (Lipinski definition) is 1. The summed E-state index contributed by atoms with van der Waals surface area (Å²) in [6, 6.07) is 3.90. The van der Waals surface area contributed by atoms with Crippen molar-refractivity contribution < 1.29 is 22.7 Å². The number of carbonyl (C=O) groups excluding carboxylic acids is 1. The minimum Gasteiger partial charge on any atom is -0.508 e. The number of alkyl halides is 1. The minimum atomic E-state index is -3.79. The summed E-state index contributed by atoms with van der Waals surface area (Å²) in [5, 5.41) is 10.0. The van der Waals surface area contributed by atoms with Crippen LogP contribution in [-0.4, -0.2) is 47.9 Å². The monoisotopic (exact) mass is 398 g/mol. The Morgan fingerprint density at radius 1 is 1.38 bits per heavy atom. The highest BCUT2D eigenvalue weighted by Crippen LogP contribution is 2.27. The largest absolute Gasteiger partial charge is 0.508 e. The average molecular weight is 398 g/mol. The summed E-state index contributed by atoms with van der Waals surface area (Å²) in [5.74, 6) is -0.366. The molecule has 0 bridgehead atoms. The van der Waals surface area contributed by atoms with Gasteiger partial charge >= 0.3 is 0 Å².